The van der Waals surface area contributed by atoms with E-state index < -0.39 is 0 Å². The Morgan fingerprint density at radius 1 is 1.09 bits per heavy atom. The molecule has 1 saturated heterocycles. The van der Waals surface area contributed by atoms with Crippen LogP contribution in [0.1, 0.15) is 25.2 Å². The van der Waals surface area contributed by atoms with Crippen LogP contribution in [0, 0.1) is 6.92 Å². The smallest absolute Gasteiger partial charge is 0.262 e. The number of aromatic nitrogens is 2. The van der Waals surface area contributed by atoms with E-state index in [9.17, 15) is 9.59 Å². The van der Waals surface area contributed by atoms with Crippen LogP contribution in [-0.4, -0.2) is 64.0 Å². The molecule has 1 fully saturated rings. The molecule has 8 nitrogen and oxygen atoms in total. The molecule has 8 heteroatoms. The molecule has 1 aliphatic heterocycles. The lowest BCUT2D eigenvalue weighted by Gasteiger charge is -2.33. The normalized spacial score (nSPS) is 14.5. The number of ether oxygens (including phenoxy) is 1. The molecule has 3 aromatic rings. The first-order valence-electron chi connectivity index (χ1n) is 11.4. The number of nitrogens with zero attached hydrogens (tertiary/aromatic N) is 4. The number of rotatable bonds is 7. The second-order valence-corrected chi connectivity index (χ2v) is 8.36. The van der Waals surface area contributed by atoms with Gasteiger partial charge in [0.1, 0.15) is 11.6 Å². The Kier molecular flexibility index (Phi) is 6.93. The van der Waals surface area contributed by atoms with E-state index in [2.05, 4.69) is 21.7 Å². The standard InChI is InChI=1S/C25H31N5O3/c1-4-30-22-10-9-20(26-25(32)17-33-23-8-6-5-7-18(23)2)15-21(22)27-24(30)16-28-11-13-29(14-12-28)19(3)31/h5-10,15H,4,11-14,16-17H2,1-3H3,(H,26,32). The molecule has 0 spiro atoms. The number of para-hydroxylation sites is 1. The number of imidazole rings is 1. The van der Waals surface area contributed by atoms with Crippen molar-refractivity contribution in [1.82, 2.24) is 19.4 Å². The van der Waals surface area contributed by atoms with Crippen molar-refractivity contribution in [3.05, 3.63) is 53.9 Å². The summed E-state index contributed by atoms with van der Waals surface area (Å²) >= 11 is 0. The van der Waals surface area contributed by atoms with E-state index >= 15 is 0 Å². The molecule has 1 aromatic heterocycles. The van der Waals surface area contributed by atoms with E-state index in [1.807, 2.05) is 54.3 Å². The van der Waals surface area contributed by atoms with Crippen molar-refractivity contribution in [2.24, 2.45) is 0 Å². The zero-order valence-electron chi connectivity index (χ0n) is 19.5. The van der Waals surface area contributed by atoms with E-state index in [0.717, 1.165) is 61.7 Å². The van der Waals surface area contributed by atoms with Gasteiger partial charge in [0.05, 0.1) is 17.6 Å². The molecule has 174 valence electrons. The number of anilines is 1. The summed E-state index contributed by atoms with van der Waals surface area (Å²) in [6.07, 6.45) is 0. The van der Waals surface area contributed by atoms with Gasteiger partial charge in [0.25, 0.3) is 5.91 Å². The van der Waals surface area contributed by atoms with Crippen LogP contribution >= 0.6 is 0 Å². The summed E-state index contributed by atoms with van der Waals surface area (Å²) in [7, 11) is 0. The van der Waals surface area contributed by atoms with Crippen LogP contribution in [0.4, 0.5) is 5.69 Å². The van der Waals surface area contributed by atoms with Crippen molar-refractivity contribution in [2.75, 3.05) is 38.1 Å². The number of piperazine rings is 1. The molecular weight excluding hydrogens is 418 g/mol. The van der Waals surface area contributed by atoms with E-state index in [4.69, 9.17) is 9.72 Å². The minimum atomic E-state index is -0.212. The first kappa shape index (κ1) is 22.8. The number of hydrogen-bond acceptors (Lipinski definition) is 5. The van der Waals surface area contributed by atoms with E-state index in [-0.39, 0.29) is 18.4 Å². The van der Waals surface area contributed by atoms with Crippen molar-refractivity contribution in [2.45, 2.75) is 33.9 Å². The summed E-state index contributed by atoms with van der Waals surface area (Å²) in [5, 5.41) is 2.91. The lowest BCUT2D eigenvalue weighted by Crippen LogP contribution is -2.47. The highest BCUT2D eigenvalue weighted by Gasteiger charge is 2.21. The first-order valence-corrected chi connectivity index (χ1v) is 11.4. The molecule has 2 heterocycles. The zero-order chi connectivity index (χ0) is 23.4. The summed E-state index contributed by atoms with van der Waals surface area (Å²) in [6.45, 7) is 10.4. The number of nitrogens with one attached hydrogen (secondary N) is 1. The quantitative estimate of drug-likeness (QED) is 0.600. The van der Waals surface area contributed by atoms with Crippen LogP contribution < -0.4 is 10.1 Å². The number of hydrogen-bond donors (Lipinski definition) is 1. The number of carbonyl (C=O) groups excluding carboxylic acids is 2. The van der Waals surface area contributed by atoms with Crippen LogP contribution in [0.25, 0.3) is 11.0 Å². The Bertz CT molecular complexity index is 1150. The maximum atomic E-state index is 12.4. The largest absolute Gasteiger partial charge is 0.483 e. The maximum absolute atomic E-state index is 12.4. The van der Waals surface area contributed by atoms with Gasteiger partial charge < -0.3 is 19.5 Å². The topological polar surface area (TPSA) is 79.7 Å². The van der Waals surface area contributed by atoms with Crippen molar-refractivity contribution in [3.8, 4) is 5.75 Å². The van der Waals surface area contributed by atoms with Crippen molar-refractivity contribution < 1.29 is 14.3 Å². The van der Waals surface area contributed by atoms with Gasteiger partial charge in [0.15, 0.2) is 6.61 Å². The third kappa shape index (κ3) is 5.34. The molecule has 0 unspecified atom stereocenters. The molecule has 4 rings (SSSR count). The van der Waals surface area contributed by atoms with E-state index in [1.54, 1.807) is 6.92 Å². The molecular formula is C25H31N5O3. The minimum Gasteiger partial charge on any atom is -0.483 e. The van der Waals surface area contributed by atoms with Gasteiger partial charge in [-0.25, -0.2) is 4.98 Å². The average Bonchev–Trinajstić information content (AvgIpc) is 3.15. The van der Waals surface area contributed by atoms with Crippen LogP contribution in [0.2, 0.25) is 0 Å². The van der Waals surface area contributed by atoms with E-state index in [0.29, 0.717) is 11.4 Å². The zero-order valence-corrected chi connectivity index (χ0v) is 19.5. The monoisotopic (exact) mass is 449 g/mol. The molecule has 0 atom stereocenters. The number of benzene rings is 2. The third-order valence-corrected chi connectivity index (χ3v) is 6.06. The average molecular weight is 450 g/mol. The first-order chi connectivity index (χ1) is 15.9. The SMILES string of the molecule is CCn1c(CN2CCN(C(C)=O)CC2)nc2cc(NC(=O)COc3ccccc3C)ccc21. The summed E-state index contributed by atoms with van der Waals surface area (Å²) < 4.78 is 7.85. The summed E-state index contributed by atoms with van der Waals surface area (Å²) in [5.74, 6) is 1.62. The van der Waals surface area contributed by atoms with Crippen LogP contribution in [0.15, 0.2) is 42.5 Å². The Hall–Kier alpha value is -3.39. The van der Waals surface area contributed by atoms with Gasteiger partial charge in [-0.3, -0.25) is 14.5 Å². The van der Waals surface area contributed by atoms with Gasteiger partial charge in [-0.05, 0) is 43.7 Å². The molecule has 0 aliphatic carbocycles. The number of amides is 2. The molecule has 0 bridgehead atoms. The highest BCUT2D eigenvalue weighted by Crippen LogP contribution is 2.22. The van der Waals surface area contributed by atoms with Gasteiger partial charge in [-0.2, -0.15) is 0 Å². The Morgan fingerprint density at radius 3 is 2.55 bits per heavy atom. The molecule has 2 aromatic carbocycles. The minimum absolute atomic E-state index is 0.0518. The van der Waals surface area contributed by atoms with Crippen LogP contribution in [0.3, 0.4) is 0 Å². The summed E-state index contributed by atoms with van der Waals surface area (Å²) in [6, 6.07) is 13.4. The summed E-state index contributed by atoms with van der Waals surface area (Å²) in [4.78, 5) is 33.1. The number of aryl methyl sites for hydroxylation is 2. The van der Waals surface area contributed by atoms with Crippen LogP contribution in [-0.2, 0) is 22.7 Å². The van der Waals surface area contributed by atoms with Gasteiger partial charge in [-0.15, -0.1) is 0 Å². The Labute approximate surface area is 194 Å². The van der Waals surface area contributed by atoms with Crippen molar-refractivity contribution in [1.29, 1.82) is 0 Å². The number of carbonyl (C=O) groups is 2. The highest BCUT2D eigenvalue weighted by molar-refractivity contribution is 5.94. The molecule has 1 aliphatic rings. The summed E-state index contributed by atoms with van der Waals surface area (Å²) in [5.41, 5.74) is 3.59. The predicted molar refractivity (Wildman–Crippen MR) is 128 cm³/mol. The van der Waals surface area contributed by atoms with Crippen LogP contribution in [0.5, 0.6) is 5.75 Å². The predicted octanol–water partition coefficient (Wildman–Crippen LogP) is 3.05. The molecule has 0 saturated carbocycles. The third-order valence-electron chi connectivity index (χ3n) is 6.06. The van der Waals surface area contributed by atoms with E-state index in [1.165, 1.54) is 0 Å². The molecule has 0 radical (unpaired) electrons. The maximum Gasteiger partial charge on any atom is 0.262 e. The second-order valence-electron chi connectivity index (χ2n) is 8.36. The Morgan fingerprint density at radius 2 is 1.85 bits per heavy atom. The Balaban J connectivity index is 1.41. The molecule has 33 heavy (non-hydrogen) atoms. The van der Waals surface area contributed by atoms with Crippen molar-refractivity contribution in [3.63, 3.8) is 0 Å². The van der Waals surface area contributed by atoms with Crippen molar-refractivity contribution >= 4 is 28.5 Å². The molecule has 2 amide bonds. The fourth-order valence-corrected chi connectivity index (χ4v) is 4.21. The van der Waals surface area contributed by atoms with Gasteiger partial charge in [0, 0.05) is 45.3 Å². The lowest BCUT2D eigenvalue weighted by molar-refractivity contribution is -0.130. The van der Waals surface area contributed by atoms with Gasteiger partial charge >= 0.3 is 0 Å². The second kappa shape index (κ2) is 10.0. The molecule has 1 N–H and O–H groups in total. The van der Waals surface area contributed by atoms with Gasteiger partial charge in [-0.1, -0.05) is 18.2 Å². The fourth-order valence-electron chi connectivity index (χ4n) is 4.21. The number of fused-ring (bicyclic) bond motifs is 1. The van der Waals surface area contributed by atoms with Gasteiger partial charge in [0.2, 0.25) is 5.91 Å². The lowest BCUT2D eigenvalue weighted by atomic mass is 10.2. The fraction of sp³-hybridized carbons (Fsp3) is 0.400. The highest BCUT2D eigenvalue weighted by atomic mass is 16.5.